The molecular weight excluding hydrogens is 366 g/mol. The number of carbonyl (C=O) groups is 2. The largest absolute Gasteiger partial charge is 0.351 e. The van der Waals surface area contributed by atoms with E-state index in [1.165, 1.54) is 0 Å². The van der Waals surface area contributed by atoms with Crippen molar-refractivity contribution in [1.29, 1.82) is 0 Å². The number of nitrogens with one attached hydrogen (secondary N) is 1. The van der Waals surface area contributed by atoms with Crippen molar-refractivity contribution in [3.8, 4) is 0 Å². The molecule has 142 valence electrons. The number of aromatic amines is 1. The van der Waals surface area contributed by atoms with Gasteiger partial charge >= 0.3 is 0 Å². The third kappa shape index (κ3) is 2.17. The first kappa shape index (κ1) is 17.1. The van der Waals surface area contributed by atoms with Crippen molar-refractivity contribution in [2.24, 2.45) is 5.92 Å². The summed E-state index contributed by atoms with van der Waals surface area (Å²) in [5, 5.41) is 1.27. The lowest BCUT2D eigenvalue weighted by Crippen LogP contribution is -2.51. The van der Waals surface area contributed by atoms with Gasteiger partial charge in [0.25, 0.3) is 5.91 Å². The van der Waals surface area contributed by atoms with Gasteiger partial charge in [0, 0.05) is 23.9 Å². The number of amides is 2. The highest BCUT2D eigenvalue weighted by Crippen LogP contribution is 2.49. The maximum absolute atomic E-state index is 13.3. The number of likely N-dealkylation sites (tertiary alicyclic amines) is 1. The molecule has 2 aromatic rings. The van der Waals surface area contributed by atoms with Crippen molar-refractivity contribution in [3.63, 3.8) is 0 Å². The molecule has 0 radical (unpaired) electrons. The zero-order chi connectivity index (χ0) is 18.9. The molecule has 3 saturated heterocycles. The molecule has 3 aliphatic rings. The number of aromatic nitrogens is 1. The fraction of sp³-hybridized carbons (Fsp3) is 0.500. The Hall–Kier alpha value is -2.05. The quantitative estimate of drug-likeness (QED) is 0.861. The Bertz CT molecular complexity index is 955. The number of hydrogen-bond acceptors (Lipinski definition) is 3. The summed E-state index contributed by atoms with van der Waals surface area (Å²) < 4.78 is 6.21. The first-order valence-electron chi connectivity index (χ1n) is 9.47. The molecular formula is C20H22ClN3O3. The van der Waals surface area contributed by atoms with E-state index < -0.39 is 5.72 Å². The summed E-state index contributed by atoms with van der Waals surface area (Å²) >= 11 is 6.49. The number of ether oxygens (including phenoxy) is 1. The predicted octanol–water partition coefficient (Wildman–Crippen LogP) is 3.02. The average Bonchev–Trinajstić information content (AvgIpc) is 3.35. The van der Waals surface area contributed by atoms with Crippen LogP contribution in [0.15, 0.2) is 24.3 Å². The highest BCUT2D eigenvalue weighted by atomic mass is 35.5. The third-order valence-electron chi connectivity index (χ3n) is 6.37. The first-order chi connectivity index (χ1) is 12.9. The molecule has 0 bridgehead atoms. The van der Waals surface area contributed by atoms with E-state index >= 15 is 0 Å². The highest BCUT2D eigenvalue weighted by molar-refractivity contribution is 6.38. The van der Waals surface area contributed by atoms with Crippen molar-refractivity contribution >= 4 is 34.3 Å². The van der Waals surface area contributed by atoms with Crippen LogP contribution < -0.4 is 0 Å². The Labute approximate surface area is 162 Å². The maximum Gasteiger partial charge on any atom is 0.272 e. The Morgan fingerprint density at radius 1 is 1.37 bits per heavy atom. The van der Waals surface area contributed by atoms with Gasteiger partial charge in [0.1, 0.15) is 5.69 Å². The Morgan fingerprint density at radius 2 is 2.15 bits per heavy atom. The number of carbonyl (C=O) groups excluding carboxylic acids is 2. The summed E-state index contributed by atoms with van der Waals surface area (Å²) in [6, 6.07) is 7.41. The second-order valence-corrected chi connectivity index (χ2v) is 8.44. The lowest BCUT2D eigenvalue weighted by atomic mass is 10.0. The molecule has 1 aromatic carbocycles. The first-order valence-corrected chi connectivity index (χ1v) is 9.85. The molecule has 6 nitrogen and oxygen atoms in total. The van der Waals surface area contributed by atoms with Crippen LogP contribution >= 0.6 is 11.6 Å². The van der Waals surface area contributed by atoms with Crippen LogP contribution in [-0.4, -0.2) is 57.6 Å². The van der Waals surface area contributed by atoms with Gasteiger partial charge < -0.3 is 19.5 Å². The molecule has 0 saturated carbocycles. The van der Waals surface area contributed by atoms with E-state index in [1.807, 2.05) is 29.2 Å². The van der Waals surface area contributed by atoms with Crippen LogP contribution in [0, 0.1) is 5.92 Å². The number of nitrogens with zero attached hydrogens (tertiary/aromatic N) is 2. The summed E-state index contributed by atoms with van der Waals surface area (Å²) in [6.07, 6.45) is 0.961. The van der Waals surface area contributed by atoms with Crippen molar-refractivity contribution in [1.82, 2.24) is 14.8 Å². The van der Waals surface area contributed by atoms with Gasteiger partial charge in [-0.3, -0.25) is 9.59 Å². The summed E-state index contributed by atoms with van der Waals surface area (Å²) in [4.78, 5) is 32.9. The van der Waals surface area contributed by atoms with Crippen LogP contribution in [0.5, 0.6) is 0 Å². The van der Waals surface area contributed by atoms with Gasteiger partial charge in [-0.25, -0.2) is 0 Å². The molecule has 0 unspecified atom stereocenters. The topological polar surface area (TPSA) is 65.6 Å². The van der Waals surface area contributed by atoms with Crippen LogP contribution in [0.25, 0.3) is 10.9 Å². The highest BCUT2D eigenvalue weighted by Gasteiger charge is 2.65. The van der Waals surface area contributed by atoms with Gasteiger partial charge in [0.05, 0.1) is 30.1 Å². The minimum absolute atomic E-state index is 0.0780. The standard InChI is InChI=1S/C20H22ClN3O3/c1-11(2)14-10-27-20-7-8-23(15(20)9-16(25)24(14)20)19(26)18-17(21)12-5-3-4-6-13(12)22-18/h3-6,11,14-15,22H,7-10H2,1-2H3/t14-,15+,20-/m0/s1. The monoisotopic (exact) mass is 387 g/mol. The van der Waals surface area contributed by atoms with Crippen LogP contribution in [0.2, 0.25) is 5.02 Å². The number of benzene rings is 1. The van der Waals surface area contributed by atoms with Crippen molar-refractivity contribution in [2.45, 2.75) is 44.5 Å². The normalized spacial score (nSPS) is 29.9. The fourth-order valence-electron chi connectivity index (χ4n) is 5.01. The summed E-state index contributed by atoms with van der Waals surface area (Å²) in [5.41, 5.74) is 0.556. The lowest BCUT2D eigenvalue weighted by molar-refractivity contribution is -0.139. The van der Waals surface area contributed by atoms with Gasteiger partial charge in [0.2, 0.25) is 5.91 Å². The number of hydrogen-bond donors (Lipinski definition) is 1. The van der Waals surface area contributed by atoms with E-state index in [4.69, 9.17) is 16.3 Å². The van der Waals surface area contributed by atoms with Crippen molar-refractivity contribution in [3.05, 3.63) is 35.0 Å². The van der Waals surface area contributed by atoms with Gasteiger partial charge in [0.15, 0.2) is 5.72 Å². The molecule has 5 rings (SSSR count). The van der Waals surface area contributed by atoms with Crippen molar-refractivity contribution in [2.75, 3.05) is 13.2 Å². The molecule has 2 amide bonds. The zero-order valence-electron chi connectivity index (χ0n) is 15.4. The SMILES string of the molecule is CC(C)[C@@H]1CO[C@@]23CCN(C(=O)c4[nH]c5ccccc5c4Cl)[C@@H]2CC(=O)N13. The third-order valence-corrected chi connectivity index (χ3v) is 6.77. The minimum Gasteiger partial charge on any atom is -0.351 e. The molecule has 0 aliphatic carbocycles. The summed E-state index contributed by atoms with van der Waals surface area (Å²) in [5.74, 6) is 0.237. The molecule has 1 aromatic heterocycles. The van der Waals surface area contributed by atoms with Gasteiger partial charge in [-0.15, -0.1) is 0 Å². The number of halogens is 1. The molecule has 1 N–H and O–H groups in total. The van der Waals surface area contributed by atoms with E-state index in [-0.39, 0.29) is 23.9 Å². The lowest BCUT2D eigenvalue weighted by Gasteiger charge is -2.34. The Kier molecular flexibility index (Phi) is 3.62. The molecule has 3 fully saturated rings. The molecule has 7 heteroatoms. The number of rotatable bonds is 2. The van der Waals surface area contributed by atoms with E-state index in [1.54, 1.807) is 4.90 Å². The molecule has 1 spiro atoms. The average molecular weight is 388 g/mol. The number of H-pyrrole nitrogens is 1. The Balaban J connectivity index is 1.50. The molecule has 4 heterocycles. The smallest absolute Gasteiger partial charge is 0.272 e. The second kappa shape index (κ2) is 5.72. The minimum atomic E-state index is -0.666. The van der Waals surface area contributed by atoms with Crippen LogP contribution in [0.4, 0.5) is 0 Å². The molecule has 3 aliphatic heterocycles. The number of fused-ring (bicyclic) bond motifs is 1. The summed E-state index contributed by atoms with van der Waals surface area (Å²) in [6.45, 7) is 5.31. The van der Waals surface area contributed by atoms with E-state index in [2.05, 4.69) is 18.8 Å². The van der Waals surface area contributed by atoms with Gasteiger partial charge in [-0.1, -0.05) is 43.6 Å². The molecule has 3 atom stereocenters. The van der Waals surface area contributed by atoms with Gasteiger partial charge in [-0.2, -0.15) is 0 Å². The Morgan fingerprint density at radius 3 is 2.89 bits per heavy atom. The molecule has 27 heavy (non-hydrogen) atoms. The second-order valence-electron chi connectivity index (χ2n) is 8.06. The van der Waals surface area contributed by atoms with Crippen LogP contribution in [-0.2, 0) is 9.53 Å². The summed E-state index contributed by atoms with van der Waals surface area (Å²) in [7, 11) is 0. The van der Waals surface area contributed by atoms with E-state index in [0.29, 0.717) is 42.6 Å². The van der Waals surface area contributed by atoms with Crippen molar-refractivity contribution < 1.29 is 14.3 Å². The van der Waals surface area contributed by atoms with Crippen LogP contribution in [0.1, 0.15) is 37.2 Å². The zero-order valence-corrected chi connectivity index (χ0v) is 16.1. The van der Waals surface area contributed by atoms with Gasteiger partial charge in [-0.05, 0) is 12.0 Å². The fourth-order valence-corrected chi connectivity index (χ4v) is 5.31. The van der Waals surface area contributed by atoms with E-state index in [0.717, 1.165) is 10.9 Å². The van der Waals surface area contributed by atoms with E-state index in [9.17, 15) is 9.59 Å². The predicted molar refractivity (Wildman–Crippen MR) is 102 cm³/mol. The maximum atomic E-state index is 13.3. The number of para-hydroxylation sites is 1. The van der Waals surface area contributed by atoms with Crippen LogP contribution in [0.3, 0.4) is 0 Å².